The Balaban J connectivity index is 4.12. The Morgan fingerprint density at radius 1 is 0.867 bits per heavy atom. The molecular formula is C20H39NO6P2S. The molecule has 0 aromatic heterocycles. The van der Waals surface area contributed by atoms with Gasteiger partial charge in [-0.15, -0.1) is 0 Å². The molecule has 1 atom stereocenters. The Bertz CT molecular complexity index is 685. The molecular weight excluding hydrogens is 444 g/mol. The van der Waals surface area contributed by atoms with E-state index in [0.717, 1.165) is 37.8 Å². The molecule has 1 unspecified atom stereocenters. The van der Waals surface area contributed by atoms with Crippen LogP contribution in [0.4, 0.5) is 0 Å². The van der Waals surface area contributed by atoms with E-state index in [1.807, 2.05) is 6.92 Å². The van der Waals surface area contributed by atoms with E-state index in [9.17, 15) is 14.0 Å². The van der Waals surface area contributed by atoms with Crippen LogP contribution in [-0.2, 0) is 13.4 Å². The van der Waals surface area contributed by atoms with Gasteiger partial charge in [-0.2, -0.15) is 4.31 Å². The third-order valence-electron chi connectivity index (χ3n) is 4.37. The molecule has 176 valence electrons. The highest BCUT2D eigenvalue weighted by Crippen LogP contribution is 2.64. The predicted molar refractivity (Wildman–Crippen MR) is 128 cm³/mol. The zero-order chi connectivity index (χ0) is 23.2. The SMILES string of the molecule is C/C(=C\CC/C(C)=C/CSP(=O)(O)OP(=O)(O)O)CC/C=C(\C)CCCCN(C)C. The van der Waals surface area contributed by atoms with Crippen LogP contribution >= 0.6 is 26.0 Å². The molecule has 0 saturated carbocycles. The van der Waals surface area contributed by atoms with E-state index in [2.05, 4.69) is 49.3 Å². The molecule has 0 aliphatic heterocycles. The first kappa shape index (κ1) is 29.8. The average Bonchev–Trinajstić information content (AvgIpc) is 2.56. The fraction of sp³-hybridized carbons (Fsp3) is 0.700. The summed E-state index contributed by atoms with van der Waals surface area (Å²) in [5.41, 5.74) is 3.86. The molecule has 0 aliphatic carbocycles. The Morgan fingerprint density at radius 3 is 1.87 bits per heavy atom. The lowest BCUT2D eigenvalue weighted by Gasteiger charge is -2.10. The number of allylic oxidation sites excluding steroid dienone is 5. The second kappa shape index (κ2) is 15.6. The fourth-order valence-electron chi connectivity index (χ4n) is 2.66. The molecule has 0 aromatic rings. The maximum Gasteiger partial charge on any atom is 0.477 e. The van der Waals surface area contributed by atoms with Gasteiger partial charge in [-0.3, -0.25) is 0 Å². The normalized spacial score (nSPS) is 16.2. The Labute approximate surface area is 186 Å². The van der Waals surface area contributed by atoms with Crippen molar-refractivity contribution >= 4 is 26.0 Å². The zero-order valence-electron chi connectivity index (χ0n) is 18.9. The summed E-state index contributed by atoms with van der Waals surface area (Å²) < 4.78 is 26.1. The molecule has 0 amide bonds. The minimum absolute atomic E-state index is 0.154. The first-order valence-corrected chi connectivity index (χ1v) is 14.9. The summed E-state index contributed by atoms with van der Waals surface area (Å²) >= 11 is 0.492. The van der Waals surface area contributed by atoms with Gasteiger partial charge < -0.3 is 19.6 Å². The van der Waals surface area contributed by atoms with Crippen molar-refractivity contribution in [2.24, 2.45) is 0 Å². The van der Waals surface area contributed by atoms with Gasteiger partial charge in [-0.05, 0) is 97.7 Å². The van der Waals surface area contributed by atoms with Gasteiger partial charge in [0.25, 0.3) is 0 Å². The average molecular weight is 484 g/mol. The monoisotopic (exact) mass is 483 g/mol. The highest BCUT2D eigenvalue weighted by atomic mass is 32.7. The molecule has 0 spiro atoms. The Hall–Kier alpha value is -0.170. The summed E-state index contributed by atoms with van der Waals surface area (Å²) in [7, 11) is -0.768. The summed E-state index contributed by atoms with van der Waals surface area (Å²) in [6, 6.07) is 0. The zero-order valence-corrected chi connectivity index (χ0v) is 21.5. The maximum atomic E-state index is 11.5. The second-order valence-electron chi connectivity index (χ2n) is 7.83. The van der Waals surface area contributed by atoms with Gasteiger partial charge in [0.05, 0.1) is 0 Å². The van der Waals surface area contributed by atoms with Crippen molar-refractivity contribution in [3.8, 4) is 0 Å². The molecule has 7 nitrogen and oxygen atoms in total. The third-order valence-corrected chi connectivity index (χ3v) is 8.71. The quantitative estimate of drug-likeness (QED) is 0.138. The number of rotatable bonds is 16. The van der Waals surface area contributed by atoms with Crippen molar-refractivity contribution < 1.29 is 28.1 Å². The number of unbranched alkanes of at least 4 members (excludes halogenated alkanes) is 1. The van der Waals surface area contributed by atoms with Crippen molar-refractivity contribution in [3.63, 3.8) is 0 Å². The van der Waals surface area contributed by atoms with E-state index < -0.39 is 14.6 Å². The molecule has 0 heterocycles. The third kappa shape index (κ3) is 19.8. The lowest BCUT2D eigenvalue weighted by molar-refractivity contribution is 0.270. The van der Waals surface area contributed by atoms with Crippen molar-refractivity contribution in [3.05, 3.63) is 34.9 Å². The maximum absolute atomic E-state index is 11.5. The summed E-state index contributed by atoms with van der Waals surface area (Å²) in [4.78, 5) is 28.8. The van der Waals surface area contributed by atoms with Crippen LogP contribution in [0.2, 0.25) is 0 Å². The van der Waals surface area contributed by atoms with E-state index in [4.69, 9.17) is 9.79 Å². The van der Waals surface area contributed by atoms with E-state index in [0.29, 0.717) is 11.4 Å². The van der Waals surface area contributed by atoms with Crippen molar-refractivity contribution in [2.45, 2.75) is 65.7 Å². The van der Waals surface area contributed by atoms with E-state index in [1.165, 1.54) is 30.4 Å². The molecule has 0 fully saturated rings. The summed E-state index contributed by atoms with van der Waals surface area (Å²) in [5.74, 6) is 0.154. The summed E-state index contributed by atoms with van der Waals surface area (Å²) in [6.45, 7) is 3.05. The van der Waals surface area contributed by atoms with E-state index in [1.54, 1.807) is 6.08 Å². The number of phosphoric acid groups is 1. The van der Waals surface area contributed by atoms with Crippen LogP contribution in [0.1, 0.15) is 65.7 Å². The van der Waals surface area contributed by atoms with Crippen LogP contribution in [-0.4, -0.2) is 46.0 Å². The van der Waals surface area contributed by atoms with Crippen molar-refractivity contribution in [1.82, 2.24) is 4.90 Å². The van der Waals surface area contributed by atoms with Crippen molar-refractivity contribution in [1.29, 1.82) is 0 Å². The first-order valence-electron chi connectivity index (χ1n) is 10.2. The van der Waals surface area contributed by atoms with Gasteiger partial charge in [-0.1, -0.05) is 34.9 Å². The minimum atomic E-state index is -4.98. The van der Waals surface area contributed by atoms with Gasteiger partial charge in [-0.25, -0.2) is 9.13 Å². The molecule has 0 aromatic carbocycles. The van der Waals surface area contributed by atoms with Crippen LogP contribution in [0.25, 0.3) is 0 Å². The molecule has 0 saturated heterocycles. The number of nitrogens with zero attached hydrogens (tertiary/aromatic N) is 1. The van der Waals surface area contributed by atoms with Gasteiger partial charge in [0.15, 0.2) is 0 Å². The van der Waals surface area contributed by atoms with E-state index >= 15 is 0 Å². The second-order valence-corrected chi connectivity index (χ2v) is 13.1. The van der Waals surface area contributed by atoms with Crippen molar-refractivity contribution in [2.75, 3.05) is 26.4 Å². The fourth-order valence-corrected chi connectivity index (χ4v) is 6.47. The predicted octanol–water partition coefficient (Wildman–Crippen LogP) is 6.06. The number of hydrogen-bond donors (Lipinski definition) is 3. The lowest BCUT2D eigenvalue weighted by atomic mass is 10.0. The molecule has 3 N–H and O–H groups in total. The molecule has 0 rings (SSSR count). The van der Waals surface area contributed by atoms with Gasteiger partial charge >= 0.3 is 14.6 Å². The minimum Gasteiger partial charge on any atom is -0.316 e. The van der Waals surface area contributed by atoms with Gasteiger partial charge in [0.2, 0.25) is 0 Å². The smallest absolute Gasteiger partial charge is 0.316 e. The van der Waals surface area contributed by atoms with Crippen LogP contribution in [0.3, 0.4) is 0 Å². The van der Waals surface area contributed by atoms with Gasteiger partial charge in [0.1, 0.15) is 0 Å². The first-order chi connectivity index (χ1) is 13.8. The topological polar surface area (TPSA) is 107 Å². The largest absolute Gasteiger partial charge is 0.477 e. The highest BCUT2D eigenvalue weighted by Gasteiger charge is 2.30. The van der Waals surface area contributed by atoms with Crippen LogP contribution < -0.4 is 0 Å². The summed E-state index contributed by atoms with van der Waals surface area (Å²) in [5, 5.41) is 0. The molecule has 0 aliphatic rings. The molecule has 0 bridgehead atoms. The van der Waals surface area contributed by atoms with Crippen LogP contribution in [0.15, 0.2) is 34.9 Å². The summed E-state index contributed by atoms with van der Waals surface area (Å²) in [6.07, 6.45) is 13.8. The van der Waals surface area contributed by atoms with E-state index in [-0.39, 0.29) is 5.75 Å². The Kier molecular flexibility index (Phi) is 15.5. The number of hydrogen-bond acceptors (Lipinski definition) is 5. The molecule has 0 radical (unpaired) electrons. The lowest BCUT2D eigenvalue weighted by Crippen LogP contribution is -2.12. The van der Waals surface area contributed by atoms with Crippen LogP contribution in [0, 0.1) is 0 Å². The Morgan fingerprint density at radius 2 is 1.37 bits per heavy atom. The van der Waals surface area contributed by atoms with Crippen LogP contribution in [0.5, 0.6) is 0 Å². The molecule has 10 heteroatoms. The standard InChI is InChI=1S/C20H39NO6P2S/c1-18(10-6-7-16-21(4)5)11-8-12-19(2)13-9-14-20(3)15-17-30-29(25,26)27-28(22,23)24/h11,13,15H,6-10,12,14,16-17H2,1-5H3,(H,25,26)(H2,22,23,24)/b18-11+,19-13+,20-15+. The molecule has 30 heavy (non-hydrogen) atoms. The highest BCUT2D eigenvalue weighted by molar-refractivity contribution is 8.55. The van der Waals surface area contributed by atoms with Gasteiger partial charge in [0, 0.05) is 5.75 Å².